The minimum Gasteiger partial charge on any atom is -0.386 e. The highest BCUT2D eigenvalue weighted by atomic mass is 16.6. The van der Waals surface area contributed by atoms with Crippen LogP contribution in [0.4, 0.5) is 0 Å². The van der Waals surface area contributed by atoms with Gasteiger partial charge < -0.3 is 14.2 Å². The third kappa shape index (κ3) is 4.09. The van der Waals surface area contributed by atoms with Crippen LogP contribution in [0.3, 0.4) is 0 Å². The van der Waals surface area contributed by atoms with E-state index in [-0.39, 0.29) is 23.4 Å². The van der Waals surface area contributed by atoms with Crippen LogP contribution in [0, 0.1) is 0 Å². The van der Waals surface area contributed by atoms with Gasteiger partial charge in [0.1, 0.15) is 0 Å². The molecule has 98 valence electrons. The third-order valence-corrected chi connectivity index (χ3v) is 2.81. The summed E-state index contributed by atoms with van der Waals surface area (Å²) < 4.78 is 14.7. The standard InChI is InChI=1S/C13H16O5/c1-8(3-4-10-6-16-10)12(14)18-13(15)9(2)5-11-7-17-11/h10-11H,1-7H2. The number of epoxide rings is 2. The van der Waals surface area contributed by atoms with Gasteiger partial charge in [0.2, 0.25) is 0 Å². The van der Waals surface area contributed by atoms with Gasteiger partial charge in [-0.3, -0.25) is 0 Å². The van der Waals surface area contributed by atoms with E-state index in [2.05, 4.69) is 17.9 Å². The first-order valence-electron chi connectivity index (χ1n) is 5.91. The smallest absolute Gasteiger partial charge is 0.341 e. The zero-order valence-corrected chi connectivity index (χ0v) is 10.1. The number of hydrogen-bond acceptors (Lipinski definition) is 5. The van der Waals surface area contributed by atoms with Crippen LogP contribution in [0.2, 0.25) is 0 Å². The Morgan fingerprint density at radius 2 is 1.61 bits per heavy atom. The quantitative estimate of drug-likeness (QED) is 0.294. The van der Waals surface area contributed by atoms with Crippen molar-refractivity contribution in [3.8, 4) is 0 Å². The Kier molecular flexibility index (Phi) is 3.93. The van der Waals surface area contributed by atoms with Crippen molar-refractivity contribution >= 4 is 11.9 Å². The summed E-state index contributed by atoms with van der Waals surface area (Å²) in [6, 6.07) is 0. The van der Waals surface area contributed by atoms with Crippen molar-refractivity contribution < 1.29 is 23.8 Å². The normalized spacial score (nSPS) is 24.2. The molecule has 2 unspecified atom stereocenters. The molecule has 18 heavy (non-hydrogen) atoms. The number of rotatable bonds is 7. The topological polar surface area (TPSA) is 68.4 Å². The summed E-state index contributed by atoms with van der Waals surface area (Å²) in [5.41, 5.74) is 0.540. The second-order valence-corrected chi connectivity index (χ2v) is 4.54. The number of ether oxygens (including phenoxy) is 3. The van der Waals surface area contributed by atoms with Crippen molar-refractivity contribution in [3.05, 3.63) is 24.3 Å². The summed E-state index contributed by atoms with van der Waals surface area (Å²) in [7, 11) is 0. The molecule has 5 nitrogen and oxygen atoms in total. The van der Waals surface area contributed by atoms with E-state index >= 15 is 0 Å². The lowest BCUT2D eigenvalue weighted by Crippen LogP contribution is -2.16. The number of hydrogen-bond donors (Lipinski definition) is 0. The molecule has 2 rings (SSSR count). The van der Waals surface area contributed by atoms with Gasteiger partial charge in [0.25, 0.3) is 0 Å². The highest BCUT2D eigenvalue weighted by Gasteiger charge is 2.27. The molecule has 0 aliphatic carbocycles. The van der Waals surface area contributed by atoms with E-state index in [0.29, 0.717) is 19.4 Å². The van der Waals surface area contributed by atoms with Crippen LogP contribution in [0.1, 0.15) is 19.3 Å². The molecule has 0 aromatic carbocycles. The fourth-order valence-corrected chi connectivity index (χ4v) is 1.44. The molecule has 2 fully saturated rings. The van der Waals surface area contributed by atoms with E-state index in [4.69, 9.17) is 9.47 Å². The van der Waals surface area contributed by atoms with Gasteiger partial charge in [-0.15, -0.1) is 0 Å². The molecular weight excluding hydrogens is 236 g/mol. The lowest BCUT2D eigenvalue weighted by Gasteiger charge is -2.06. The van der Waals surface area contributed by atoms with Gasteiger partial charge in [-0.25, -0.2) is 9.59 Å². The Labute approximate surface area is 105 Å². The summed E-state index contributed by atoms with van der Waals surface area (Å²) in [5.74, 6) is -1.38. The first kappa shape index (κ1) is 13.0. The van der Waals surface area contributed by atoms with Crippen LogP contribution in [-0.4, -0.2) is 37.4 Å². The van der Waals surface area contributed by atoms with Crippen molar-refractivity contribution in [1.82, 2.24) is 0 Å². The molecular formula is C13H16O5. The summed E-state index contributed by atoms with van der Waals surface area (Å²) in [6.07, 6.45) is 1.91. The molecule has 0 saturated carbocycles. The SMILES string of the molecule is C=C(CCC1CO1)C(=O)OC(=O)C(=C)CC1CO1. The Morgan fingerprint density at radius 3 is 2.17 bits per heavy atom. The average molecular weight is 252 g/mol. The Hall–Kier alpha value is -1.46. The first-order chi connectivity index (χ1) is 8.56. The van der Waals surface area contributed by atoms with Gasteiger partial charge in [0.05, 0.1) is 25.4 Å². The number of carbonyl (C=O) groups is 2. The lowest BCUT2D eigenvalue weighted by molar-refractivity contribution is -0.154. The van der Waals surface area contributed by atoms with Gasteiger partial charge >= 0.3 is 11.9 Å². The van der Waals surface area contributed by atoms with Crippen molar-refractivity contribution in [1.29, 1.82) is 0 Å². The molecule has 0 bridgehead atoms. The van der Waals surface area contributed by atoms with Crippen LogP contribution >= 0.6 is 0 Å². The third-order valence-electron chi connectivity index (χ3n) is 2.81. The number of esters is 2. The molecule has 2 saturated heterocycles. The number of carbonyl (C=O) groups excluding carboxylic acids is 2. The summed E-state index contributed by atoms with van der Waals surface area (Å²) >= 11 is 0. The maximum absolute atomic E-state index is 11.5. The Bertz CT molecular complexity index is 390. The van der Waals surface area contributed by atoms with E-state index in [1.807, 2.05) is 0 Å². The second-order valence-electron chi connectivity index (χ2n) is 4.54. The summed E-state index contributed by atoms with van der Waals surface area (Å²) in [6.45, 7) is 8.55. The van der Waals surface area contributed by atoms with Gasteiger partial charge in [-0.1, -0.05) is 13.2 Å². The largest absolute Gasteiger partial charge is 0.386 e. The van der Waals surface area contributed by atoms with Crippen molar-refractivity contribution in [2.45, 2.75) is 31.5 Å². The molecule has 0 aromatic rings. The van der Waals surface area contributed by atoms with E-state index in [1.165, 1.54) is 0 Å². The average Bonchev–Trinajstić information content (AvgIpc) is 3.19. The van der Waals surface area contributed by atoms with Crippen molar-refractivity contribution in [2.75, 3.05) is 13.2 Å². The second kappa shape index (κ2) is 5.46. The maximum atomic E-state index is 11.5. The molecule has 5 heteroatoms. The van der Waals surface area contributed by atoms with Crippen LogP contribution in [0.5, 0.6) is 0 Å². The molecule has 2 heterocycles. The molecule has 0 N–H and O–H groups in total. The maximum Gasteiger partial charge on any atom is 0.341 e. The lowest BCUT2D eigenvalue weighted by atomic mass is 10.1. The molecule has 2 aliphatic rings. The Morgan fingerprint density at radius 1 is 1.06 bits per heavy atom. The summed E-state index contributed by atoms with van der Waals surface area (Å²) in [5, 5.41) is 0. The predicted molar refractivity (Wildman–Crippen MR) is 62.7 cm³/mol. The monoisotopic (exact) mass is 252 g/mol. The molecule has 0 spiro atoms. The zero-order valence-electron chi connectivity index (χ0n) is 10.1. The van der Waals surface area contributed by atoms with Crippen LogP contribution < -0.4 is 0 Å². The molecule has 0 aromatic heterocycles. The molecule has 0 amide bonds. The minimum atomic E-state index is -0.695. The fraction of sp³-hybridized carbons (Fsp3) is 0.538. The Balaban J connectivity index is 1.68. The minimum absolute atomic E-state index is 0.0513. The van der Waals surface area contributed by atoms with Crippen LogP contribution in [0.15, 0.2) is 24.3 Å². The van der Waals surface area contributed by atoms with Crippen LogP contribution in [0.25, 0.3) is 0 Å². The van der Waals surface area contributed by atoms with E-state index < -0.39 is 11.9 Å². The van der Waals surface area contributed by atoms with E-state index in [0.717, 1.165) is 13.0 Å². The van der Waals surface area contributed by atoms with Gasteiger partial charge in [0.15, 0.2) is 0 Å². The predicted octanol–water partition coefficient (Wildman–Crippen LogP) is 1.14. The zero-order chi connectivity index (χ0) is 13.1. The van der Waals surface area contributed by atoms with Gasteiger partial charge in [0, 0.05) is 17.6 Å². The highest BCUT2D eigenvalue weighted by molar-refractivity contribution is 6.01. The van der Waals surface area contributed by atoms with Crippen molar-refractivity contribution in [2.24, 2.45) is 0 Å². The van der Waals surface area contributed by atoms with Gasteiger partial charge in [-0.05, 0) is 12.8 Å². The fourth-order valence-electron chi connectivity index (χ4n) is 1.44. The van der Waals surface area contributed by atoms with Gasteiger partial charge in [-0.2, -0.15) is 0 Å². The summed E-state index contributed by atoms with van der Waals surface area (Å²) in [4.78, 5) is 23.0. The first-order valence-corrected chi connectivity index (χ1v) is 5.91. The van der Waals surface area contributed by atoms with E-state index in [9.17, 15) is 9.59 Å². The van der Waals surface area contributed by atoms with Crippen LogP contribution in [-0.2, 0) is 23.8 Å². The van der Waals surface area contributed by atoms with Crippen molar-refractivity contribution in [3.63, 3.8) is 0 Å². The molecule has 2 atom stereocenters. The van der Waals surface area contributed by atoms with E-state index in [1.54, 1.807) is 0 Å². The molecule has 0 radical (unpaired) electrons. The highest BCUT2D eigenvalue weighted by Crippen LogP contribution is 2.20. The molecule has 2 aliphatic heterocycles.